The molecule has 0 bridgehead atoms. The molecule has 0 unspecified atom stereocenters. The van der Waals surface area contributed by atoms with Gasteiger partial charge in [-0.2, -0.15) is 5.26 Å². The van der Waals surface area contributed by atoms with E-state index in [1.165, 1.54) is 24.3 Å². The highest BCUT2D eigenvalue weighted by molar-refractivity contribution is 5.95. The van der Waals surface area contributed by atoms with E-state index in [1.807, 2.05) is 6.07 Å². The smallest absolute Gasteiger partial charge is 0.332 e. The van der Waals surface area contributed by atoms with Crippen LogP contribution in [0.1, 0.15) is 12.5 Å². The zero-order valence-corrected chi connectivity index (χ0v) is 9.62. The standard InChI is InChI=1S/C12H10N2O4/c1-2-18-12(15)7-10(8-13)9-4-3-5-11(6-9)14(16)17/h3-7H,2H2,1H3. The average Bonchev–Trinajstić information content (AvgIpc) is 2.36. The van der Waals surface area contributed by atoms with E-state index in [9.17, 15) is 14.9 Å². The summed E-state index contributed by atoms with van der Waals surface area (Å²) in [6, 6.07) is 7.31. The van der Waals surface area contributed by atoms with Crippen molar-refractivity contribution in [3.05, 3.63) is 46.0 Å². The number of esters is 1. The van der Waals surface area contributed by atoms with Crippen molar-refractivity contribution in [2.45, 2.75) is 6.92 Å². The summed E-state index contributed by atoms with van der Waals surface area (Å²) in [4.78, 5) is 21.3. The maximum atomic E-state index is 11.2. The fourth-order valence-corrected chi connectivity index (χ4v) is 1.27. The van der Waals surface area contributed by atoms with Gasteiger partial charge in [0, 0.05) is 18.2 Å². The summed E-state index contributed by atoms with van der Waals surface area (Å²) < 4.78 is 4.67. The molecule has 0 fully saturated rings. The van der Waals surface area contributed by atoms with E-state index in [-0.39, 0.29) is 17.9 Å². The number of hydrogen-bond acceptors (Lipinski definition) is 5. The lowest BCUT2D eigenvalue weighted by Gasteiger charge is -2.00. The van der Waals surface area contributed by atoms with Crippen molar-refractivity contribution in [2.75, 3.05) is 6.61 Å². The Hall–Kier alpha value is -2.68. The number of carbonyl (C=O) groups is 1. The molecule has 0 saturated carbocycles. The minimum Gasteiger partial charge on any atom is -0.463 e. The molecule has 0 aromatic heterocycles. The lowest BCUT2D eigenvalue weighted by molar-refractivity contribution is -0.384. The van der Waals surface area contributed by atoms with Crippen molar-refractivity contribution < 1.29 is 14.5 Å². The highest BCUT2D eigenvalue weighted by Gasteiger charge is 2.10. The van der Waals surface area contributed by atoms with Crippen LogP contribution in [0.5, 0.6) is 0 Å². The molecule has 0 N–H and O–H groups in total. The molecule has 0 aliphatic heterocycles. The predicted molar refractivity (Wildman–Crippen MR) is 63.3 cm³/mol. The molecule has 6 nitrogen and oxygen atoms in total. The van der Waals surface area contributed by atoms with E-state index < -0.39 is 10.9 Å². The van der Waals surface area contributed by atoms with Crippen molar-refractivity contribution >= 4 is 17.2 Å². The van der Waals surface area contributed by atoms with E-state index in [0.29, 0.717) is 5.56 Å². The third-order valence-electron chi connectivity index (χ3n) is 2.04. The Kier molecular flexibility index (Phi) is 4.58. The summed E-state index contributed by atoms with van der Waals surface area (Å²) in [5, 5.41) is 19.5. The summed E-state index contributed by atoms with van der Waals surface area (Å²) in [6.07, 6.45) is 1.02. The van der Waals surface area contributed by atoms with Crippen molar-refractivity contribution in [1.82, 2.24) is 0 Å². The van der Waals surface area contributed by atoms with Gasteiger partial charge < -0.3 is 4.74 Å². The second-order valence-corrected chi connectivity index (χ2v) is 3.23. The van der Waals surface area contributed by atoms with Gasteiger partial charge in [-0.25, -0.2) is 4.79 Å². The molecular formula is C12H10N2O4. The number of benzene rings is 1. The summed E-state index contributed by atoms with van der Waals surface area (Å²) in [5.74, 6) is -0.652. The fourth-order valence-electron chi connectivity index (χ4n) is 1.27. The minimum absolute atomic E-state index is 0.0251. The molecule has 18 heavy (non-hydrogen) atoms. The number of rotatable bonds is 4. The van der Waals surface area contributed by atoms with Crippen LogP contribution >= 0.6 is 0 Å². The molecule has 0 aliphatic carbocycles. The average molecular weight is 246 g/mol. The Morgan fingerprint density at radius 1 is 1.61 bits per heavy atom. The second-order valence-electron chi connectivity index (χ2n) is 3.23. The first kappa shape index (κ1) is 13.4. The number of nitriles is 1. The number of allylic oxidation sites excluding steroid dienone is 1. The summed E-state index contributed by atoms with van der Waals surface area (Å²) in [5.41, 5.74) is 0.189. The van der Waals surface area contributed by atoms with Crippen molar-refractivity contribution in [3.63, 3.8) is 0 Å². The summed E-state index contributed by atoms with van der Waals surface area (Å²) in [7, 11) is 0. The van der Waals surface area contributed by atoms with Gasteiger partial charge in [0.25, 0.3) is 5.69 Å². The molecule has 0 saturated heterocycles. The number of non-ortho nitro benzene ring substituents is 1. The molecule has 0 amide bonds. The Bertz CT molecular complexity index is 543. The highest BCUT2D eigenvalue weighted by Crippen LogP contribution is 2.19. The van der Waals surface area contributed by atoms with Crippen LogP contribution in [0.15, 0.2) is 30.3 Å². The second kappa shape index (κ2) is 6.15. The van der Waals surface area contributed by atoms with Crippen molar-refractivity contribution in [2.24, 2.45) is 0 Å². The van der Waals surface area contributed by atoms with Crippen LogP contribution in [0.25, 0.3) is 5.57 Å². The topological polar surface area (TPSA) is 93.2 Å². The molecule has 0 aliphatic rings. The Balaban J connectivity index is 3.10. The van der Waals surface area contributed by atoms with Crippen LogP contribution in [0.4, 0.5) is 5.69 Å². The van der Waals surface area contributed by atoms with Crippen molar-refractivity contribution in [1.29, 1.82) is 5.26 Å². The Morgan fingerprint density at radius 3 is 2.89 bits per heavy atom. The molecule has 1 aromatic rings. The normalized spacial score (nSPS) is 10.6. The van der Waals surface area contributed by atoms with Gasteiger partial charge in [-0.1, -0.05) is 12.1 Å². The third kappa shape index (κ3) is 3.42. The number of nitrogens with zero attached hydrogens (tertiary/aromatic N) is 2. The predicted octanol–water partition coefficient (Wildman–Crippen LogP) is 2.06. The lowest BCUT2D eigenvalue weighted by atomic mass is 10.1. The SMILES string of the molecule is CCOC(=O)C=C(C#N)c1cccc([N+](=O)[O-])c1. The van der Waals surface area contributed by atoms with Gasteiger partial charge in [0.05, 0.1) is 17.1 Å². The number of nitro groups is 1. The van der Waals surface area contributed by atoms with Gasteiger partial charge >= 0.3 is 5.97 Å². The van der Waals surface area contributed by atoms with Crippen LogP contribution in [0.2, 0.25) is 0 Å². The van der Waals surface area contributed by atoms with E-state index in [1.54, 1.807) is 6.92 Å². The molecule has 92 valence electrons. The van der Waals surface area contributed by atoms with E-state index in [4.69, 9.17) is 5.26 Å². The van der Waals surface area contributed by atoms with Gasteiger partial charge in [0.15, 0.2) is 0 Å². The van der Waals surface area contributed by atoms with Gasteiger partial charge in [-0.3, -0.25) is 10.1 Å². The lowest BCUT2D eigenvalue weighted by Crippen LogP contribution is -2.00. The number of ether oxygens (including phenoxy) is 1. The van der Waals surface area contributed by atoms with E-state index in [0.717, 1.165) is 6.08 Å². The van der Waals surface area contributed by atoms with Crippen LogP contribution in [-0.4, -0.2) is 17.5 Å². The maximum Gasteiger partial charge on any atom is 0.332 e. The Morgan fingerprint density at radius 2 is 2.33 bits per heavy atom. The zero-order valence-electron chi connectivity index (χ0n) is 9.62. The quantitative estimate of drug-likeness (QED) is 0.266. The molecule has 0 spiro atoms. The molecule has 0 radical (unpaired) electrons. The van der Waals surface area contributed by atoms with E-state index in [2.05, 4.69) is 4.74 Å². The first-order valence-electron chi connectivity index (χ1n) is 5.12. The van der Waals surface area contributed by atoms with Crippen LogP contribution in [-0.2, 0) is 9.53 Å². The highest BCUT2D eigenvalue weighted by atomic mass is 16.6. The van der Waals surface area contributed by atoms with Gasteiger partial charge in [0.2, 0.25) is 0 Å². The molecule has 0 heterocycles. The largest absolute Gasteiger partial charge is 0.463 e. The van der Waals surface area contributed by atoms with E-state index >= 15 is 0 Å². The maximum absolute atomic E-state index is 11.2. The van der Waals surface area contributed by atoms with Gasteiger partial charge in [-0.15, -0.1) is 0 Å². The Labute approximate surface area is 103 Å². The van der Waals surface area contributed by atoms with Crippen molar-refractivity contribution in [3.8, 4) is 6.07 Å². The summed E-state index contributed by atoms with van der Waals surface area (Å²) >= 11 is 0. The third-order valence-corrected chi connectivity index (χ3v) is 2.04. The number of hydrogen-bond donors (Lipinski definition) is 0. The monoisotopic (exact) mass is 246 g/mol. The molecule has 6 heteroatoms. The van der Waals surface area contributed by atoms with Crippen LogP contribution in [0, 0.1) is 21.4 Å². The van der Waals surface area contributed by atoms with Crippen LogP contribution in [0.3, 0.4) is 0 Å². The molecule has 0 atom stereocenters. The molecule has 1 rings (SSSR count). The number of carbonyl (C=O) groups excluding carboxylic acids is 1. The first-order chi connectivity index (χ1) is 8.58. The number of nitro benzene ring substituents is 1. The minimum atomic E-state index is -0.652. The molecular weight excluding hydrogens is 236 g/mol. The first-order valence-corrected chi connectivity index (χ1v) is 5.12. The van der Waals surface area contributed by atoms with Gasteiger partial charge in [-0.05, 0) is 12.5 Å². The fraction of sp³-hybridized carbons (Fsp3) is 0.167. The van der Waals surface area contributed by atoms with Crippen LogP contribution < -0.4 is 0 Å². The summed E-state index contributed by atoms with van der Waals surface area (Å²) in [6.45, 7) is 1.84. The zero-order chi connectivity index (χ0) is 13.5. The van der Waals surface area contributed by atoms with Gasteiger partial charge in [0.1, 0.15) is 6.07 Å². The molecule has 1 aromatic carbocycles.